The SMILES string of the molecule is Fc1cc(F)c(NCC2CCC2)cc1F. The van der Waals surface area contributed by atoms with Gasteiger partial charge in [-0.25, -0.2) is 13.2 Å². The van der Waals surface area contributed by atoms with Crippen LogP contribution in [0.25, 0.3) is 0 Å². The van der Waals surface area contributed by atoms with Crippen molar-refractivity contribution >= 4 is 5.69 Å². The van der Waals surface area contributed by atoms with E-state index in [1.54, 1.807) is 0 Å². The van der Waals surface area contributed by atoms with Gasteiger partial charge in [-0.1, -0.05) is 6.42 Å². The fourth-order valence-electron chi connectivity index (χ4n) is 1.61. The third-order valence-electron chi connectivity index (χ3n) is 2.82. The average Bonchev–Trinajstić information content (AvgIpc) is 2.11. The maximum absolute atomic E-state index is 13.1. The molecule has 1 aromatic carbocycles. The molecule has 0 bridgehead atoms. The molecular formula is C11H12F3N. The van der Waals surface area contributed by atoms with Crippen LogP contribution in [0.5, 0.6) is 0 Å². The Bertz CT molecular complexity index is 361. The summed E-state index contributed by atoms with van der Waals surface area (Å²) in [6, 6.07) is 1.43. The Hall–Kier alpha value is -1.19. The normalized spacial score (nSPS) is 16.2. The van der Waals surface area contributed by atoms with Crippen molar-refractivity contribution in [1.29, 1.82) is 0 Å². The molecular weight excluding hydrogens is 203 g/mol. The van der Waals surface area contributed by atoms with E-state index in [0.717, 1.165) is 18.9 Å². The summed E-state index contributed by atoms with van der Waals surface area (Å²) in [6.07, 6.45) is 3.45. The van der Waals surface area contributed by atoms with Crippen molar-refractivity contribution in [1.82, 2.24) is 0 Å². The van der Waals surface area contributed by atoms with Crippen LogP contribution in [-0.4, -0.2) is 6.54 Å². The smallest absolute Gasteiger partial charge is 0.161 e. The molecule has 0 spiro atoms. The lowest BCUT2D eigenvalue weighted by Crippen LogP contribution is -2.21. The van der Waals surface area contributed by atoms with Gasteiger partial charge in [-0.15, -0.1) is 0 Å². The van der Waals surface area contributed by atoms with Crippen LogP contribution >= 0.6 is 0 Å². The van der Waals surface area contributed by atoms with Gasteiger partial charge in [0.2, 0.25) is 0 Å². The second-order valence-corrected chi connectivity index (χ2v) is 3.92. The third kappa shape index (κ3) is 2.25. The van der Waals surface area contributed by atoms with Gasteiger partial charge in [0, 0.05) is 18.7 Å². The highest BCUT2D eigenvalue weighted by Crippen LogP contribution is 2.27. The Morgan fingerprint density at radius 3 is 2.33 bits per heavy atom. The minimum Gasteiger partial charge on any atom is -0.382 e. The number of anilines is 1. The monoisotopic (exact) mass is 215 g/mol. The zero-order chi connectivity index (χ0) is 10.8. The topological polar surface area (TPSA) is 12.0 Å². The fourth-order valence-corrected chi connectivity index (χ4v) is 1.61. The number of hydrogen-bond donors (Lipinski definition) is 1. The molecule has 82 valence electrons. The molecule has 0 aliphatic heterocycles. The predicted molar refractivity (Wildman–Crippen MR) is 52.1 cm³/mol. The van der Waals surface area contributed by atoms with Crippen LogP contribution < -0.4 is 5.32 Å². The van der Waals surface area contributed by atoms with Crippen LogP contribution in [0.15, 0.2) is 12.1 Å². The highest BCUT2D eigenvalue weighted by Gasteiger charge is 2.18. The summed E-state index contributed by atoms with van der Waals surface area (Å²) >= 11 is 0. The van der Waals surface area contributed by atoms with E-state index < -0.39 is 17.5 Å². The molecule has 1 aromatic rings. The van der Waals surface area contributed by atoms with Crippen molar-refractivity contribution in [3.8, 4) is 0 Å². The predicted octanol–water partition coefficient (Wildman–Crippen LogP) is 3.32. The van der Waals surface area contributed by atoms with Crippen LogP contribution in [0.1, 0.15) is 19.3 Å². The van der Waals surface area contributed by atoms with Gasteiger partial charge in [-0.05, 0) is 18.8 Å². The molecule has 1 N–H and O–H groups in total. The first kappa shape index (κ1) is 10.3. The maximum atomic E-state index is 13.1. The Kier molecular flexibility index (Phi) is 2.84. The lowest BCUT2D eigenvalue weighted by Gasteiger charge is -2.25. The quantitative estimate of drug-likeness (QED) is 0.763. The first-order chi connectivity index (χ1) is 7.16. The lowest BCUT2D eigenvalue weighted by molar-refractivity contribution is 0.333. The standard InChI is InChI=1S/C11H12F3N/c12-8-4-10(14)11(5-9(8)13)15-6-7-2-1-3-7/h4-5,7,15H,1-3,6H2. The van der Waals surface area contributed by atoms with E-state index >= 15 is 0 Å². The van der Waals surface area contributed by atoms with Crippen LogP contribution in [0.3, 0.4) is 0 Å². The van der Waals surface area contributed by atoms with E-state index in [4.69, 9.17) is 0 Å². The molecule has 0 atom stereocenters. The van der Waals surface area contributed by atoms with Crippen LogP contribution in [0.2, 0.25) is 0 Å². The first-order valence-corrected chi connectivity index (χ1v) is 5.05. The minimum absolute atomic E-state index is 0.0424. The largest absolute Gasteiger partial charge is 0.382 e. The van der Waals surface area contributed by atoms with E-state index in [0.29, 0.717) is 18.5 Å². The van der Waals surface area contributed by atoms with E-state index in [2.05, 4.69) is 5.32 Å². The van der Waals surface area contributed by atoms with Gasteiger partial charge in [-0.3, -0.25) is 0 Å². The van der Waals surface area contributed by atoms with Crippen molar-refractivity contribution in [2.75, 3.05) is 11.9 Å². The average molecular weight is 215 g/mol. The van der Waals surface area contributed by atoms with Gasteiger partial charge >= 0.3 is 0 Å². The molecule has 0 radical (unpaired) electrons. The molecule has 15 heavy (non-hydrogen) atoms. The van der Waals surface area contributed by atoms with Gasteiger partial charge in [0.05, 0.1) is 5.69 Å². The summed E-state index contributed by atoms with van der Waals surface area (Å²) in [6.45, 7) is 0.627. The summed E-state index contributed by atoms with van der Waals surface area (Å²) in [5, 5.41) is 2.80. The molecule has 0 amide bonds. The highest BCUT2D eigenvalue weighted by atomic mass is 19.2. The van der Waals surface area contributed by atoms with Gasteiger partial charge < -0.3 is 5.32 Å². The van der Waals surface area contributed by atoms with Crippen LogP contribution in [0.4, 0.5) is 18.9 Å². The Labute approximate surface area is 86.3 Å². The number of halogens is 3. The zero-order valence-corrected chi connectivity index (χ0v) is 8.19. The van der Waals surface area contributed by atoms with E-state index in [9.17, 15) is 13.2 Å². The first-order valence-electron chi connectivity index (χ1n) is 5.05. The van der Waals surface area contributed by atoms with Crippen molar-refractivity contribution in [3.05, 3.63) is 29.6 Å². The molecule has 1 aliphatic carbocycles. The van der Waals surface area contributed by atoms with Crippen molar-refractivity contribution in [3.63, 3.8) is 0 Å². The fraction of sp³-hybridized carbons (Fsp3) is 0.455. The number of hydrogen-bond acceptors (Lipinski definition) is 1. The molecule has 0 saturated heterocycles. The van der Waals surface area contributed by atoms with E-state index in [1.165, 1.54) is 6.42 Å². The lowest BCUT2D eigenvalue weighted by atomic mass is 9.85. The Morgan fingerprint density at radius 2 is 1.73 bits per heavy atom. The summed E-state index contributed by atoms with van der Waals surface area (Å²) in [7, 11) is 0. The van der Waals surface area contributed by atoms with Crippen LogP contribution in [-0.2, 0) is 0 Å². The van der Waals surface area contributed by atoms with Crippen molar-refractivity contribution in [2.45, 2.75) is 19.3 Å². The molecule has 1 nitrogen and oxygen atoms in total. The van der Waals surface area contributed by atoms with Crippen molar-refractivity contribution < 1.29 is 13.2 Å². The summed E-state index contributed by atoms with van der Waals surface area (Å²) in [5.74, 6) is -2.38. The zero-order valence-electron chi connectivity index (χ0n) is 8.19. The molecule has 0 unspecified atom stereocenters. The second kappa shape index (κ2) is 4.13. The molecule has 1 aliphatic rings. The summed E-state index contributed by atoms with van der Waals surface area (Å²) < 4.78 is 38.5. The second-order valence-electron chi connectivity index (χ2n) is 3.92. The molecule has 0 heterocycles. The number of rotatable bonds is 3. The summed E-state index contributed by atoms with van der Waals surface area (Å²) in [5.41, 5.74) is 0.0424. The van der Waals surface area contributed by atoms with Gasteiger partial charge in [0.25, 0.3) is 0 Å². The number of benzene rings is 1. The summed E-state index contributed by atoms with van der Waals surface area (Å²) in [4.78, 5) is 0. The molecule has 2 rings (SSSR count). The molecule has 1 fully saturated rings. The van der Waals surface area contributed by atoms with E-state index in [1.807, 2.05) is 0 Å². The Morgan fingerprint density at radius 1 is 1.07 bits per heavy atom. The molecule has 1 saturated carbocycles. The maximum Gasteiger partial charge on any atom is 0.161 e. The minimum atomic E-state index is -1.15. The molecule has 0 aromatic heterocycles. The number of nitrogens with one attached hydrogen (secondary N) is 1. The highest BCUT2D eigenvalue weighted by molar-refractivity contribution is 5.45. The third-order valence-corrected chi connectivity index (χ3v) is 2.82. The van der Waals surface area contributed by atoms with Gasteiger partial charge in [0.1, 0.15) is 5.82 Å². The Balaban J connectivity index is 2.03. The van der Waals surface area contributed by atoms with Crippen molar-refractivity contribution in [2.24, 2.45) is 5.92 Å². The van der Waals surface area contributed by atoms with Gasteiger partial charge in [-0.2, -0.15) is 0 Å². The van der Waals surface area contributed by atoms with E-state index in [-0.39, 0.29) is 5.69 Å². The van der Waals surface area contributed by atoms with Crippen LogP contribution in [0, 0.1) is 23.4 Å². The molecule has 4 heteroatoms. The van der Waals surface area contributed by atoms with Gasteiger partial charge in [0.15, 0.2) is 11.6 Å².